The summed E-state index contributed by atoms with van der Waals surface area (Å²) < 4.78 is 52.2. The van der Waals surface area contributed by atoms with Gasteiger partial charge in [-0.15, -0.1) is 11.6 Å². The number of aromatic hydroxyl groups is 1. The molecule has 3 aromatic carbocycles. The average Bonchev–Trinajstić information content (AvgIpc) is 3.81. The van der Waals surface area contributed by atoms with Gasteiger partial charge in [0.25, 0.3) is 11.8 Å². The smallest absolute Gasteiger partial charge is 0.432 e. The monoisotopic (exact) mass is 650 g/mol. The van der Waals surface area contributed by atoms with Crippen LogP contribution in [0.5, 0.6) is 5.75 Å². The molecule has 3 aromatic heterocycles. The molecule has 0 aliphatic carbocycles. The lowest BCUT2D eigenvalue weighted by Crippen LogP contribution is -2.30. The number of H-pyrrole nitrogens is 2. The lowest BCUT2D eigenvalue weighted by atomic mass is 9.95. The first kappa shape index (κ1) is 29.3. The molecule has 0 saturated heterocycles. The molecule has 46 heavy (non-hydrogen) atoms. The van der Waals surface area contributed by atoms with Crippen molar-refractivity contribution in [2.75, 3.05) is 29.8 Å². The zero-order valence-corrected chi connectivity index (χ0v) is 24.5. The van der Waals surface area contributed by atoms with Crippen LogP contribution >= 0.6 is 11.6 Å². The Morgan fingerprint density at radius 3 is 2.59 bits per heavy atom. The Labute approximate surface area is 261 Å². The topological polar surface area (TPSA) is 141 Å². The molecular formula is C32H22ClF3N4O6. The van der Waals surface area contributed by atoms with E-state index in [1.165, 1.54) is 11.0 Å². The highest BCUT2D eigenvalue weighted by Gasteiger charge is 2.43. The SMILES string of the molecule is COC(=O)c1c(C(F)(F)F)[nH]c2c(O)cc3c(c12)C(CCl)CN3C(=O)c1cc2cc(NC(=O)c3cc4ccccc4o3)ccc2[nH]1. The molecule has 10 nitrogen and oxygen atoms in total. The molecule has 0 saturated carbocycles. The number of furan rings is 1. The number of methoxy groups -OCH3 is 1. The van der Waals surface area contributed by atoms with Crippen molar-refractivity contribution in [1.82, 2.24) is 9.97 Å². The van der Waals surface area contributed by atoms with Crippen molar-refractivity contribution in [2.45, 2.75) is 12.1 Å². The Hall–Kier alpha value is -5.43. The number of rotatable bonds is 5. The molecule has 7 rings (SSSR count). The van der Waals surface area contributed by atoms with Gasteiger partial charge in [-0.3, -0.25) is 9.59 Å². The molecule has 0 spiro atoms. The van der Waals surface area contributed by atoms with Crippen molar-refractivity contribution < 1.29 is 41.8 Å². The van der Waals surface area contributed by atoms with Crippen molar-refractivity contribution >= 4 is 73.5 Å². The number of phenolic OH excluding ortho intramolecular Hbond substituents is 1. The van der Waals surface area contributed by atoms with E-state index in [9.17, 15) is 32.7 Å². The molecule has 4 heterocycles. The largest absolute Gasteiger partial charge is 0.506 e. The van der Waals surface area contributed by atoms with Crippen LogP contribution in [0.15, 0.2) is 65.1 Å². The van der Waals surface area contributed by atoms with E-state index >= 15 is 0 Å². The molecule has 1 aliphatic rings. The van der Waals surface area contributed by atoms with Crippen molar-refractivity contribution in [1.29, 1.82) is 0 Å². The molecule has 4 N–H and O–H groups in total. The lowest BCUT2D eigenvalue weighted by Gasteiger charge is -2.17. The number of hydrogen-bond donors (Lipinski definition) is 4. The summed E-state index contributed by atoms with van der Waals surface area (Å²) in [7, 11) is 0.949. The van der Waals surface area contributed by atoms with Gasteiger partial charge in [0.1, 0.15) is 22.7 Å². The quantitative estimate of drug-likeness (QED) is 0.115. The summed E-state index contributed by atoms with van der Waals surface area (Å²) in [4.78, 5) is 45.8. The Bertz CT molecular complexity index is 2200. The summed E-state index contributed by atoms with van der Waals surface area (Å²) in [6.07, 6.45) is -4.97. The van der Waals surface area contributed by atoms with Gasteiger partial charge in [0, 0.05) is 51.8 Å². The van der Waals surface area contributed by atoms with Gasteiger partial charge in [-0.25, -0.2) is 4.79 Å². The summed E-state index contributed by atoms with van der Waals surface area (Å²) in [5.74, 6) is -3.50. The fourth-order valence-electron chi connectivity index (χ4n) is 6.01. The van der Waals surface area contributed by atoms with E-state index in [0.717, 1.165) is 12.5 Å². The summed E-state index contributed by atoms with van der Waals surface area (Å²) >= 11 is 6.25. The molecule has 6 aromatic rings. The molecule has 0 fully saturated rings. The van der Waals surface area contributed by atoms with Crippen LogP contribution in [0, 0.1) is 0 Å². The number of phenols is 1. The third-order valence-electron chi connectivity index (χ3n) is 8.04. The van der Waals surface area contributed by atoms with Crippen molar-refractivity contribution in [2.24, 2.45) is 0 Å². The summed E-state index contributed by atoms with van der Waals surface area (Å²) in [6, 6.07) is 16.6. The van der Waals surface area contributed by atoms with E-state index in [1.807, 2.05) is 12.1 Å². The number of amides is 2. The van der Waals surface area contributed by atoms with Gasteiger partial charge in [0.15, 0.2) is 5.76 Å². The van der Waals surface area contributed by atoms with E-state index in [2.05, 4.69) is 20.0 Å². The number of fused-ring (bicyclic) bond motifs is 5. The van der Waals surface area contributed by atoms with Crippen LogP contribution in [0.1, 0.15) is 48.6 Å². The first-order valence-corrected chi connectivity index (χ1v) is 14.4. The number of anilines is 2. The van der Waals surface area contributed by atoms with Crippen LogP contribution in [0.4, 0.5) is 24.5 Å². The minimum Gasteiger partial charge on any atom is -0.506 e. The summed E-state index contributed by atoms with van der Waals surface area (Å²) in [6.45, 7) is -0.0302. The number of benzene rings is 3. The Balaban J connectivity index is 1.24. The highest BCUT2D eigenvalue weighted by molar-refractivity contribution is 6.20. The van der Waals surface area contributed by atoms with E-state index in [1.54, 1.807) is 42.5 Å². The van der Waals surface area contributed by atoms with Crippen molar-refractivity contribution in [3.8, 4) is 5.75 Å². The minimum atomic E-state index is -4.97. The Morgan fingerprint density at radius 2 is 1.87 bits per heavy atom. The zero-order valence-electron chi connectivity index (χ0n) is 23.7. The molecule has 1 atom stereocenters. The van der Waals surface area contributed by atoms with Gasteiger partial charge >= 0.3 is 12.1 Å². The number of halogens is 4. The predicted octanol–water partition coefficient (Wildman–Crippen LogP) is 7.14. The maximum atomic E-state index is 14.0. The van der Waals surface area contributed by atoms with Crippen LogP contribution in [0.3, 0.4) is 0 Å². The number of aromatic amines is 2. The Kier molecular flexibility index (Phi) is 6.74. The van der Waals surface area contributed by atoms with E-state index in [0.29, 0.717) is 22.2 Å². The highest BCUT2D eigenvalue weighted by atomic mass is 35.5. The summed E-state index contributed by atoms with van der Waals surface area (Å²) in [5, 5.41) is 14.7. The number of ether oxygens (including phenoxy) is 1. The number of esters is 1. The fourth-order valence-corrected chi connectivity index (χ4v) is 6.26. The highest BCUT2D eigenvalue weighted by Crippen LogP contribution is 2.49. The second-order valence-electron chi connectivity index (χ2n) is 10.8. The molecule has 0 bridgehead atoms. The first-order chi connectivity index (χ1) is 22.0. The maximum absolute atomic E-state index is 14.0. The maximum Gasteiger partial charge on any atom is 0.432 e. The fraction of sp³-hybridized carbons (Fsp3) is 0.156. The number of aromatic nitrogens is 2. The van der Waals surface area contributed by atoms with E-state index in [-0.39, 0.29) is 46.0 Å². The van der Waals surface area contributed by atoms with Crippen LogP contribution < -0.4 is 10.2 Å². The number of hydrogen-bond acceptors (Lipinski definition) is 6. The number of carbonyl (C=O) groups is 3. The molecule has 1 unspecified atom stereocenters. The zero-order chi connectivity index (χ0) is 32.5. The number of carbonyl (C=O) groups excluding carboxylic acids is 3. The van der Waals surface area contributed by atoms with E-state index in [4.69, 9.17) is 16.0 Å². The molecule has 1 aliphatic heterocycles. The minimum absolute atomic E-state index is 0.0302. The van der Waals surface area contributed by atoms with Gasteiger partial charge in [0.2, 0.25) is 0 Å². The number of para-hydroxylation sites is 1. The Morgan fingerprint density at radius 1 is 1.09 bits per heavy atom. The lowest BCUT2D eigenvalue weighted by molar-refractivity contribution is -0.141. The standard InChI is InChI=1S/C32H22ClF3N4O6/c1-45-31(44)26-25-24-16(12-33)13-40(20(24)11-21(41)27(25)39-28(26)32(34,35)36)30(43)19-9-15-8-17(6-7-18(15)38-19)37-29(42)23-10-14-4-2-3-5-22(14)46-23/h2-11,16,38-39,41H,12-13H2,1H3,(H,37,42). The average molecular weight is 651 g/mol. The van der Waals surface area contributed by atoms with Crippen LogP contribution in [0.2, 0.25) is 0 Å². The van der Waals surface area contributed by atoms with Crippen molar-refractivity contribution in [3.63, 3.8) is 0 Å². The van der Waals surface area contributed by atoms with Gasteiger partial charge in [-0.1, -0.05) is 18.2 Å². The second kappa shape index (κ2) is 10.6. The van der Waals surface area contributed by atoms with Crippen LogP contribution in [0.25, 0.3) is 32.8 Å². The molecule has 234 valence electrons. The van der Waals surface area contributed by atoms with Crippen LogP contribution in [-0.4, -0.2) is 52.4 Å². The predicted molar refractivity (Wildman–Crippen MR) is 164 cm³/mol. The molecular weight excluding hydrogens is 629 g/mol. The number of alkyl halides is 4. The normalized spacial score (nSPS) is 14.7. The van der Waals surface area contributed by atoms with Crippen LogP contribution in [-0.2, 0) is 10.9 Å². The molecule has 0 radical (unpaired) electrons. The van der Waals surface area contributed by atoms with E-state index < -0.39 is 46.9 Å². The number of nitrogens with zero attached hydrogens (tertiary/aromatic N) is 1. The van der Waals surface area contributed by atoms with Gasteiger partial charge < -0.3 is 34.4 Å². The van der Waals surface area contributed by atoms with Crippen molar-refractivity contribution in [3.05, 3.63) is 88.9 Å². The third-order valence-corrected chi connectivity index (χ3v) is 8.41. The molecule has 14 heteroatoms. The third kappa shape index (κ3) is 4.62. The first-order valence-electron chi connectivity index (χ1n) is 13.9. The van der Waals surface area contributed by atoms with Gasteiger partial charge in [-0.05, 0) is 42.0 Å². The van der Waals surface area contributed by atoms with Gasteiger partial charge in [0.05, 0.1) is 23.9 Å². The molecule has 2 amide bonds. The second-order valence-corrected chi connectivity index (χ2v) is 11.1. The van der Waals surface area contributed by atoms with Gasteiger partial charge in [-0.2, -0.15) is 13.2 Å². The summed E-state index contributed by atoms with van der Waals surface area (Å²) in [5.41, 5.74) is -0.464. The number of nitrogens with one attached hydrogen (secondary N) is 3.